The van der Waals surface area contributed by atoms with Gasteiger partial charge in [-0.3, -0.25) is 4.90 Å². The maximum absolute atomic E-state index is 5.18. The summed E-state index contributed by atoms with van der Waals surface area (Å²) in [5, 5.41) is 3.61. The number of likely N-dealkylation sites (tertiary alicyclic amines) is 1. The lowest BCUT2D eigenvalue weighted by molar-refractivity contribution is -0.00870. The van der Waals surface area contributed by atoms with Crippen LogP contribution in [0, 0.1) is 5.92 Å². The topological polar surface area (TPSA) is 24.5 Å². The van der Waals surface area contributed by atoms with Gasteiger partial charge in [0.05, 0.1) is 19.3 Å². The number of hydrogen-bond donors (Lipinski definition) is 1. The summed E-state index contributed by atoms with van der Waals surface area (Å²) in [6, 6.07) is 1.34. The molecule has 0 amide bonds. The van der Waals surface area contributed by atoms with Gasteiger partial charge in [0.1, 0.15) is 0 Å². The average molecular weight is 212 g/mol. The molecular formula is C12H24N2O. The minimum absolute atomic E-state index is 0.619. The fraction of sp³-hybridized carbons (Fsp3) is 1.00. The van der Waals surface area contributed by atoms with Crippen molar-refractivity contribution in [3.05, 3.63) is 0 Å². The second-order valence-corrected chi connectivity index (χ2v) is 5.20. The predicted molar refractivity (Wildman–Crippen MR) is 62.0 cm³/mol. The first-order valence-corrected chi connectivity index (χ1v) is 6.32. The third-order valence-electron chi connectivity index (χ3n) is 3.63. The van der Waals surface area contributed by atoms with Crippen molar-refractivity contribution in [3.63, 3.8) is 0 Å². The van der Waals surface area contributed by atoms with Gasteiger partial charge in [0.25, 0.3) is 0 Å². The predicted octanol–water partition coefficient (Wildman–Crippen LogP) is 1.10. The van der Waals surface area contributed by atoms with Crippen LogP contribution >= 0.6 is 0 Å². The van der Waals surface area contributed by atoms with E-state index in [9.17, 15) is 0 Å². The Bertz CT molecular complexity index is 186. The molecule has 3 heteroatoms. The molecule has 2 aliphatic rings. The van der Waals surface area contributed by atoms with E-state index in [1.54, 1.807) is 0 Å². The van der Waals surface area contributed by atoms with Gasteiger partial charge >= 0.3 is 0 Å². The normalized spacial score (nSPS) is 25.8. The summed E-state index contributed by atoms with van der Waals surface area (Å²) in [4.78, 5) is 2.65. The molecule has 0 aliphatic carbocycles. The molecule has 0 aromatic rings. The fourth-order valence-corrected chi connectivity index (χ4v) is 2.50. The molecule has 88 valence electrons. The van der Waals surface area contributed by atoms with E-state index < -0.39 is 0 Å². The SMILES string of the molecule is CC(C)C(CNC1COC1)N1CCCC1. The zero-order chi connectivity index (χ0) is 10.7. The summed E-state index contributed by atoms with van der Waals surface area (Å²) >= 11 is 0. The van der Waals surface area contributed by atoms with Gasteiger partial charge in [-0.25, -0.2) is 0 Å². The van der Waals surface area contributed by atoms with Crippen molar-refractivity contribution in [2.75, 3.05) is 32.8 Å². The highest BCUT2D eigenvalue weighted by Crippen LogP contribution is 2.17. The average Bonchev–Trinajstić information content (AvgIpc) is 2.61. The Morgan fingerprint density at radius 1 is 1.27 bits per heavy atom. The Kier molecular flexibility index (Phi) is 4.00. The highest BCUT2D eigenvalue weighted by molar-refractivity contribution is 4.83. The lowest BCUT2D eigenvalue weighted by Crippen LogP contribution is -2.52. The van der Waals surface area contributed by atoms with E-state index >= 15 is 0 Å². The van der Waals surface area contributed by atoms with Crippen molar-refractivity contribution in [2.45, 2.75) is 38.8 Å². The van der Waals surface area contributed by atoms with Crippen molar-refractivity contribution in [1.82, 2.24) is 10.2 Å². The number of nitrogens with one attached hydrogen (secondary N) is 1. The fourth-order valence-electron chi connectivity index (χ4n) is 2.50. The van der Waals surface area contributed by atoms with Crippen molar-refractivity contribution in [2.24, 2.45) is 5.92 Å². The van der Waals surface area contributed by atoms with Crippen molar-refractivity contribution in [1.29, 1.82) is 0 Å². The molecule has 2 heterocycles. The smallest absolute Gasteiger partial charge is 0.0643 e. The van der Waals surface area contributed by atoms with Crippen LogP contribution in [-0.4, -0.2) is 49.8 Å². The standard InChI is InChI=1S/C12H24N2O/c1-10(2)12(14-5-3-4-6-14)7-13-11-8-15-9-11/h10-13H,3-9H2,1-2H3. The van der Waals surface area contributed by atoms with E-state index in [2.05, 4.69) is 24.1 Å². The monoisotopic (exact) mass is 212 g/mol. The zero-order valence-corrected chi connectivity index (χ0v) is 10.0. The molecule has 0 spiro atoms. The van der Waals surface area contributed by atoms with Crippen LogP contribution in [0.5, 0.6) is 0 Å². The third kappa shape index (κ3) is 2.92. The number of rotatable bonds is 5. The van der Waals surface area contributed by atoms with Crippen molar-refractivity contribution >= 4 is 0 Å². The molecule has 0 aromatic carbocycles. The maximum atomic E-state index is 5.18. The lowest BCUT2D eigenvalue weighted by Gasteiger charge is -2.34. The molecule has 0 radical (unpaired) electrons. The number of ether oxygens (including phenoxy) is 1. The quantitative estimate of drug-likeness (QED) is 0.738. The van der Waals surface area contributed by atoms with Crippen LogP contribution < -0.4 is 5.32 Å². The van der Waals surface area contributed by atoms with Crippen LogP contribution in [0.2, 0.25) is 0 Å². The highest BCUT2D eigenvalue weighted by atomic mass is 16.5. The summed E-state index contributed by atoms with van der Waals surface area (Å²) < 4.78 is 5.18. The second-order valence-electron chi connectivity index (χ2n) is 5.20. The van der Waals surface area contributed by atoms with Crippen molar-refractivity contribution < 1.29 is 4.74 Å². The minimum Gasteiger partial charge on any atom is -0.378 e. The van der Waals surface area contributed by atoms with Crippen LogP contribution in [0.3, 0.4) is 0 Å². The number of hydrogen-bond acceptors (Lipinski definition) is 3. The molecule has 1 unspecified atom stereocenters. The molecule has 2 saturated heterocycles. The van der Waals surface area contributed by atoms with Gasteiger partial charge in [0.15, 0.2) is 0 Å². The molecule has 0 saturated carbocycles. The summed E-state index contributed by atoms with van der Waals surface area (Å²) in [5.41, 5.74) is 0. The summed E-state index contributed by atoms with van der Waals surface area (Å²) in [6.07, 6.45) is 2.77. The van der Waals surface area contributed by atoms with Crippen LogP contribution in [-0.2, 0) is 4.74 Å². The van der Waals surface area contributed by atoms with Crippen molar-refractivity contribution in [3.8, 4) is 0 Å². The molecule has 1 N–H and O–H groups in total. The lowest BCUT2D eigenvalue weighted by atomic mass is 10.0. The Morgan fingerprint density at radius 2 is 1.93 bits per heavy atom. The number of nitrogens with zero attached hydrogens (tertiary/aromatic N) is 1. The van der Waals surface area contributed by atoms with Gasteiger partial charge in [-0.15, -0.1) is 0 Å². The summed E-state index contributed by atoms with van der Waals surface area (Å²) in [6.45, 7) is 10.2. The van der Waals surface area contributed by atoms with E-state index in [1.165, 1.54) is 25.9 Å². The molecule has 0 bridgehead atoms. The minimum atomic E-state index is 0.619. The first-order chi connectivity index (χ1) is 7.27. The summed E-state index contributed by atoms with van der Waals surface area (Å²) in [7, 11) is 0. The van der Waals surface area contributed by atoms with E-state index in [0.717, 1.165) is 25.7 Å². The Hall–Kier alpha value is -0.120. The first kappa shape index (κ1) is 11.4. The van der Waals surface area contributed by atoms with E-state index in [0.29, 0.717) is 12.1 Å². The molecule has 2 rings (SSSR count). The van der Waals surface area contributed by atoms with E-state index in [1.807, 2.05) is 0 Å². The van der Waals surface area contributed by atoms with Gasteiger partial charge in [0.2, 0.25) is 0 Å². The molecule has 2 aliphatic heterocycles. The van der Waals surface area contributed by atoms with Gasteiger partial charge in [-0.1, -0.05) is 13.8 Å². The molecule has 1 atom stereocenters. The van der Waals surface area contributed by atoms with Crippen LogP contribution in [0.4, 0.5) is 0 Å². The largest absolute Gasteiger partial charge is 0.378 e. The molecule has 0 aromatic heterocycles. The van der Waals surface area contributed by atoms with Gasteiger partial charge < -0.3 is 10.1 Å². The Labute approximate surface area is 93.2 Å². The molecule has 2 fully saturated rings. The zero-order valence-electron chi connectivity index (χ0n) is 10.0. The van der Waals surface area contributed by atoms with Gasteiger partial charge in [0, 0.05) is 12.6 Å². The Morgan fingerprint density at radius 3 is 2.40 bits per heavy atom. The van der Waals surface area contributed by atoms with Gasteiger partial charge in [-0.05, 0) is 31.8 Å². The first-order valence-electron chi connectivity index (χ1n) is 6.32. The highest BCUT2D eigenvalue weighted by Gasteiger charge is 2.26. The van der Waals surface area contributed by atoms with E-state index in [-0.39, 0.29) is 0 Å². The molecule has 15 heavy (non-hydrogen) atoms. The van der Waals surface area contributed by atoms with Crippen LogP contribution in [0.15, 0.2) is 0 Å². The third-order valence-corrected chi connectivity index (χ3v) is 3.63. The molecule has 3 nitrogen and oxygen atoms in total. The Balaban J connectivity index is 1.76. The summed E-state index contributed by atoms with van der Waals surface area (Å²) in [5.74, 6) is 0.747. The van der Waals surface area contributed by atoms with Crippen LogP contribution in [0.1, 0.15) is 26.7 Å². The second kappa shape index (κ2) is 5.28. The van der Waals surface area contributed by atoms with Gasteiger partial charge in [-0.2, -0.15) is 0 Å². The van der Waals surface area contributed by atoms with Crippen LogP contribution in [0.25, 0.3) is 0 Å². The molecular weight excluding hydrogens is 188 g/mol. The van der Waals surface area contributed by atoms with E-state index in [4.69, 9.17) is 4.74 Å². The maximum Gasteiger partial charge on any atom is 0.0643 e.